The Morgan fingerprint density at radius 3 is 2.55 bits per heavy atom. The Hall–Kier alpha value is -4.04. The number of benzene rings is 1. The summed E-state index contributed by atoms with van der Waals surface area (Å²) in [6.45, 7) is 0.529. The number of hydrogen-bond donors (Lipinski definition) is 2. The molecule has 0 radical (unpaired) electrons. The minimum absolute atomic E-state index is 0.182. The van der Waals surface area contributed by atoms with Gasteiger partial charge in [0.05, 0.1) is 35.6 Å². The van der Waals surface area contributed by atoms with E-state index in [-0.39, 0.29) is 17.6 Å². The van der Waals surface area contributed by atoms with E-state index in [9.17, 15) is 9.90 Å². The zero-order valence-electron chi connectivity index (χ0n) is 17.6. The summed E-state index contributed by atoms with van der Waals surface area (Å²) in [5.41, 5.74) is 3.75. The van der Waals surface area contributed by atoms with Gasteiger partial charge in [0, 0.05) is 30.0 Å². The van der Waals surface area contributed by atoms with Crippen molar-refractivity contribution in [1.82, 2.24) is 24.8 Å². The Balaban J connectivity index is 1.61. The van der Waals surface area contributed by atoms with E-state index in [1.165, 1.54) is 0 Å². The van der Waals surface area contributed by atoms with Crippen LogP contribution in [-0.2, 0) is 6.54 Å². The predicted molar refractivity (Wildman–Crippen MR) is 128 cm³/mol. The second-order valence-electron chi connectivity index (χ2n) is 7.73. The molecule has 2 atom stereocenters. The summed E-state index contributed by atoms with van der Waals surface area (Å²) in [4.78, 5) is 22.7. The molecule has 1 fully saturated rings. The molecule has 3 aromatic heterocycles. The maximum absolute atomic E-state index is 11.5. The molecule has 0 unspecified atom stereocenters. The van der Waals surface area contributed by atoms with Crippen molar-refractivity contribution in [2.45, 2.75) is 18.6 Å². The number of carbonyl (C=O) groups is 1. The monoisotopic (exact) mass is 455 g/mol. The van der Waals surface area contributed by atoms with Crippen molar-refractivity contribution in [1.29, 1.82) is 0 Å². The van der Waals surface area contributed by atoms with Gasteiger partial charge in [0.2, 0.25) is 0 Å². The van der Waals surface area contributed by atoms with Crippen molar-refractivity contribution < 1.29 is 9.90 Å². The first-order chi connectivity index (χ1) is 16.1. The van der Waals surface area contributed by atoms with Gasteiger partial charge in [-0.2, -0.15) is 0 Å². The van der Waals surface area contributed by atoms with Crippen molar-refractivity contribution in [3.05, 3.63) is 114 Å². The molecule has 4 aromatic rings. The molecule has 1 saturated heterocycles. The van der Waals surface area contributed by atoms with Crippen molar-refractivity contribution in [3.63, 3.8) is 0 Å². The summed E-state index contributed by atoms with van der Waals surface area (Å²) in [7, 11) is 0. The summed E-state index contributed by atoms with van der Waals surface area (Å²) in [5.74, 6) is -0.961. The Morgan fingerprint density at radius 1 is 1.00 bits per heavy atom. The summed E-state index contributed by atoms with van der Waals surface area (Å²) in [6.07, 6.45) is 5.48. The molecule has 7 nitrogen and oxygen atoms in total. The number of nitrogens with one attached hydrogen (secondary N) is 1. The van der Waals surface area contributed by atoms with Gasteiger partial charge in [-0.3, -0.25) is 9.97 Å². The lowest BCUT2D eigenvalue weighted by atomic mass is 10.0. The van der Waals surface area contributed by atoms with Gasteiger partial charge in [-0.15, -0.1) is 0 Å². The zero-order valence-corrected chi connectivity index (χ0v) is 18.4. The van der Waals surface area contributed by atoms with Crippen LogP contribution in [0, 0.1) is 0 Å². The van der Waals surface area contributed by atoms with E-state index < -0.39 is 5.97 Å². The molecular formula is C25H21N5O2S. The molecule has 0 amide bonds. The van der Waals surface area contributed by atoms with Crippen LogP contribution in [-0.4, -0.2) is 35.6 Å². The highest BCUT2D eigenvalue weighted by atomic mass is 32.1. The van der Waals surface area contributed by atoms with Crippen LogP contribution in [0.15, 0.2) is 91.4 Å². The number of carboxylic acids is 1. The maximum Gasteiger partial charge on any atom is 0.335 e. The molecule has 0 bridgehead atoms. The summed E-state index contributed by atoms with van der Waals surface area (Å²) in [5, 5.41) is 13.5. The molecule has 1 aliphatic heterocycles. The van der Waals surface area contributed by atoms with Gasteiger partial charge in [-0.1, -0.05) is 18.2 Å². The Labute approximate surface area is 196 Å². The molecule has 2 N–H and O–H groups in total. The van der Waals surface area contributed by atoms with E-state index >= 15 is 0 Å². The van der Waals surface area contributed by atoms with Crippen LogP contribution in [0.5, 0.6) is 0 Å². The Kier molecular flexibility index (Phi) is 5.58. The summed E-state index contributed by atoms with van der Waals surface area (Å²) < 4.78 is 2.01. The van der Waals surface area contributed by atoms with Crippen LogP contribution < -0.4 is 5.32 Å². The van der Waals surface area contributed by atoms with Crippen LogP contribution >= 0.6 is 12.2 Å². The van der Waals surface area contributed by atoms with E-state index in [2.05, 4.69) is 20.2 Å². The fourth-order valence-corrected chi connectivity index (χ4v) is 4.53. The Morgan fingerprint density at radius 2 is 1.82 bits per heavy atom. The van der Waals surface area contributed by atoms with Gasteiger partial charge in [0.1, 0.15) is 0 Å². The van der Waals surface area contributed by atoms with E-state index in [0.29, 0.717) is 11.7 Å². The molecule has 8 heteroatoms. The molecule has 0 saturated carbocycles. The minimum atomic E-state index is -0.961. The topological polar surface area (TPSA) is 83.3 Å². The average molecular weight is 456 g/mol. The highest BCUT2D eigenvalue weighted by molar-refractivity contribution is 7.80. The number of nitrogens with zero attached hydrogens (tertiary/aromatic N) is 4. The van der Waals surface area contributed by atoms with Gasteiger partial charge >= 0.3 is 5.97 Å². The third-order valence-corrected chi connectivity index (χ3v) is 6.06. The first-order valence-electron chi connectivity index (χ1n) is 10.5. The highest BCUT2D eigenvalue weighted by Gasteiger charge is 2.41. The fraction of sp³-hybridized carbons (Fsp3) is 0.120. The highest BCUT2D eigenvalue weighted by Crippen LogP contribution is 2.40. The van der Waals surface area contributed by atoms with Crippen LogP contribution in [0.3, 0.4) is 0 Å². The molecule has 1 aromatic carbocycles. The summed E-state index contributed by atoms with van der Waals surface area (Å²) in [6, 6.07) is 22.2. The van der Waals surface area contributed by atoms with Crippen LogP contribution in [0.1, 0.15) is 39.5 Å². The van der Waals surface area contributed by atoms with E-state index in [1.807, 2.05) is 65.4 Å². The molecule has 5 rings (SSSR count). The second-order valence-corrected chi connectivity index (χ2v) is 8.12. The third-order valence-electron chi connectivity index (χ3n) is 5.71. The van der Waals surface area contributed by atoms with Crippen molar-refractivity contribution >= 4 is 23.3 Å². The van der Waals surface area contributed by atoms with Crippen LogP contribution in [0.25, 0.3) is 5.69 Å². The number of thiocarbonyl (C=S) groups is 1. The standard InChI is InChI=1S/C25H21N5O2S/c31-24(32)17-7-5-9-19(15-17)29-14-6-11-21(29)23-22(20-10-2-4-13-27-20)28-25(33)30(23)16-18-8-1-3-12-26-18/h1-15,22-23H,16H2,(H,28,33)(H,31,32)/t22-,23+/m0/s1. The van der Waals surface area contributed by atoms with Gasteiger partial charge in [0.15, 0.2) is 5.11 Å². The SMILES string of the molecule is O=C(O)c1cccc(-n2cccc2[C@@H]2[C@H](c3ccccn3)NC(=S)N2Cc2ccccn2)c1. The molecule has 0 aliphatic carbocycles. The predicted octanol–water partition coefficient (Wildman–Crippen LogP) is 4.14. The van der Waals surface area contributed by atoms with Gasteiger partial charge < -0.3 is 19.9 Å². The quantitative estimate of drug-likeness (QED) is 0.423. The number of hydrogen-bond acceptors (Lipinski definition) is 4. The number of aromatic nitrogens is 3. The molecule has 1 aliphatic rings. The summed E-state index contributed by atoms with van der Waals surface area (Å²) >= 11 is 5.75. The lowest BCUT2D eigenvalue weighted by Gasteiger charge is -2.28. The first-order valence-corrected chi connectivity index (χ1v) is 10.9. The normalized spacial score (nSPS) is 17.7. The maximum atomic E-state index is 11.5. The van der Waals surface area contributed by atoms with E-state index in [0.717, 1.165) is 22.8 Å². The van der Waals surface area contributed by atoms with Crippen molar-refractivity contribution in [2.24, 2.45) is 0 Å². The van der Waals surface area contributed by atoms with E-state index in [4.69, 9.17) is 12.2 Å². The minimum Gasteiger partial charge on any atom is -0.478 e. The largest absolute Gasteiger partial charge is 0.478 e. The van der Waals surface area contributed by atoms with Crippen LogP contribution in [0.2, 0.25) is 0 Å². The molecule has 0 spiro atoms. The van der Waals surface area contributed by atoms with E-state index in [1.54, 1.807) is 30.6 Å². The number of pyridine rings is 2. The first kappa shape index (κ1) is 20.8. The van der Waals surface area contributed by atoms with Crippen molar-refractivity contribution in [2.75, 3.05) is 0 Å². The molecule has 164 valence electrons. The third kappa shape index (κ3) is 4.08. The second kappa shape index (κ2) is 8.84. The van der Waals surface area contributed by atoms with Gasteiger partial charge in [0.25, 0.3) is 0 Å². The average Bonchev–Trinajstić information content (AvgIpc) is 3.45. The number of carboxylic acid groups (broad SMARTS) is 1. The molecule has 33 heavy (non-hydrogen) atoms. The Bertz CT molecular complexity index is 1290. The van der Waals surface area contributed by atoms with Crippen LogP contribution in [0.4, 0.5) is 0 Å². The van der Waals surface area contributed by atoms with Gasteiger partial charge in [-0.05, 0) is 66.8 Å². The number of rotatable bonds is 6. The molecular weight excluding hydrogens is 434 g/mol. The number of aromatic carboxylic acids is 1. The lowest BCUT2D eigenvalue weighted by molar-refractivity contribution is 0.0697. The van der Waals surface area contributed by atoms with Crippen molar-refractivity contribution in [3.8, 4) is 5.69 Å². The van der Waals surface area contributed by atoms with Gasteiger partial charge in [-0.25, -0.2) is 4.79 Å². The zero-order chi connectivity index (χ0) is 22.8. The fourth-order valence-electron chi connectivity index (χ4n) is 4.22. The lowest BCUT2D eigenvalue weighted by Crippen LogP contribution is -2.30. The smallest absolute Gasteiger partial charge is 0.335 e. The molecule has 4 heterocycles.